The van der Waals surface area contributed by atoms with Crippen molar-refractivity contribution in [3.8, 4) is 0 Å². The van der Waals surface area contributed by atoms with E-state index in [9.17, 15) is 29.7 Å². The van der Waals surface area contributed by atoms with Gasteiger partial charge < -0.3 is 15.3 Å². The van der Waals surface area contributed by atoms with Gasteiger partial charge in [-0.3, -0.25) is 14.4 Å². The molecular weight excluding hydrogens is 781 g/mol. The lowest BCUT2D eigenvalue weighted by Crippen LogP contribution is -2.69. The van der Waals surface area contributed by atoms with Crippen LogP contribution >= 0.6 is 0 Å². The molecule has 6 nitrogen and oxygen atoms in total. The van der Waals surface area contributed by atoms with E-state index in [0.717, 1.165) is 57.8 Å². The van der Waals surface area contributed by atoms with Gasteiger partial charge in [-0.1, -0.05) is 290 Å². The fraction of sp³-hybridized carbons (Fsp3) is 0.947. The molecule has 0 aromatic carbocycles. The Morgan fingerprint density at radius 1 is 0.270 bits per heavy atom. The van der Waals surface area contributed by atoms with Crippen molar-refractivity contribution < 1.29 is 29.7 Å². The van der Waals surface area contributed by atoms with Gasteiger partial charge in [0.2, 0.25) is 5.60 Å². The third kappa shape index (κ3) is 33.1. The van der Waals surface area contributed by atoms with E-state index in [1.54, 1.807) is 0 Å². The Hall–Kier alpha value is -1.11. The number of hydrogen-bond donors (Lipinski definition) is 3. The fourth-order valence-corrected chi connectivity index (χ4v) is 9.56. The van der Waals surface area contributed by atoms with Gasteiger partial charge in [0, 0.05) is 19.3 Å². The molecule has 0 saturated carbocycles. The van der Waals surface area contributed by atoms with Crippen LogP contribution in [0.25, 0.3) is 0 Å². The molecule has 0 rings (SSSR count). The number of carbonyl (C=O) groups excluding carboxylic acids is 3. The van der Waals surface area contributed by atoms with E-state index < -0.39 is 35.2 Å². The number of ketones is 3. The monoisotopic (exact) mass is 891 g/mol. The van der Waals surface area contributed by atoms with Gasteiger partial charge in [0.15, 0.2) is 23.0 Å². The number of hydrogen-bond acceptors (Lipinski definition) is 6. The lowest BCUT2D eigenvalue weighted by molar-refractivity contribution is -0.194. The minimum absolute atomic E-state index is 0.0733. The summed E-state index contributed by atoms with van der Waals surface area (Å²) in [7, 11) is 0. The maximum absolute atomic E-state index is 13.8. The zero-order chi connectivity index (χ0) is 46.4. The zero-order valence-electron chi connectivity index (χ0n) is 42.7. The van der Waals surface area contributed by atoms with E-state index in [-0.39, 0.29) is 19.3 Å². The molecule has 0 fully saturated rings. The molecule has 0 bridgehead atoms. The fourth-order valence-electron chi connectivity index (χ4n) is 9.56. The largest absolute Gasteiger partial charge is 0.393 e. The highest BCUT2D eigenvalue weighted by Crippen LogP contribution is 2.32. The maximum atomic E-state index is 13.8. The van der Waals surface area contributed by atoms with Crippen molar-refractivity contribution in [2.75, 3.05) is 6.61 Å². The first-order valence-electron chi connectivity index (χ1n) is 28.4. The van der Waals surface area contributed by atoms with Crippen molar-refractivity contribution >= 4 is 17.3 Å². The number of rotatable bonds is 53. The van der Waals surface area contributed by atoms with Gasteiger partial charge in [-0.05, 0) is 19.3 Å². The summed E-state index contributed by atoms with van der Waals surface area (Å²) in [6.07, 6.45) is 53.1. The van der Waals surface area contributed by atoms with Crippen molar-refractivity contribution in [1.29, 1.82) is 0 Å². The smallest absolute Gasteiger partial charge is 0.219 e. The molecule has 1 atom stereocenters. The SMILES string of the molecule is CCCCCCCCCCCCCCCCCC(=O)C(O)(CO)C(O)(C(=O)CCCCCCCCCCCCCCCCC)C(=O)CCCCCCCCCCCCCCCCC. The number of aliphatic hydroxyl groups excluding tert-OH is 1. The quantitative estimate of drug-likeness (QED) is 0.0414. The highest BCUT2D eigenvalue weighted by molar-refractivity contribution is 6.16. The van der Waals surface area contributed by atoms with Crippen molar-refractivity contribution in [2.45, 2.75) is 340 Å². The van der Waals surface area contributed by atoms with Crippen LogP contribution in [-0.2, 0) is 14.4 Å². The highest BCUT2D eigenvalue weighted by Gasteiger charge is 2.62. The van der Waals surface area contributed by atoms with Crippen LogP contribution in [0.2, 0.25) is 0 Å². The second-order valence-electron chi connectivity index (χ2n) is 20.1. The molecule has 3 N–H and O–H groups in total. The molecule has 0 aliphatic rings. The molecule has 0 radical (unpaired) electrons. The molecule has 6 heteroatoms. The molecule has 0 aromatic heterocycles. The summed E-state index contributed by atoms with van der Waals surface area (Å²) in [6, 6.07) is 0. The predicted octanol–water partition coefficient (Wildman–Crippen LogP) is 16.9. The van der Waals surface area contributed by atoms with Crippen molar-refractivity contribution in [3.63, 3.8) is 0 Å². The van der Waals surface area contributed by atoms with E-state index in [1.165, 1.54) is 212 Å². The Bertz CT molecular complexity index is 965. The molecule has 0 spiro atoms. The van der Waals surface area contributed by atoms with Gasteiger partial charge in [-0.2, -0.15) is 0 Å². The molecule has 63 heavy (non-hydrogen) atoms. The van der Waals surface area contributed by atoms with Gasteiger partial charge in [0.25, 0.3) is 0 Å². The van der Waals surface area contributed by atoms with Crippen molar-refractivity contribution in [3.05, 3.63) is 0 Å². The standard InChI is InChI=1S/C57H110O6/c1-4-7-10-13-16-19-22-25-28-31-34-37-40-43-46-49-53(59)56(62,52-58)57(63,54(60)50-47-44-41-38-35-32-29-26-23-20-17-14-11-8-5-2)55(61)51-48-45-42-39-36-33-30-27-24-21-18-15-12-9-6-3/h58,62-63H,4-52H2,1-3H3. The van der Waals surface area contributed by atoms with Gasteiger partial charge in [0.05, 0.1) is 6.61 Å². The van der Waals surface area contributed by atoms with Crippen LogP contribution in [0.5, 0.6) is 0 Å². The Morgan fingerprint density at radius 2 is 0.429 bits per heavy atom. The summed E-state index contributed by atoms with van der Waals surface area (Å²) in [5.74, 6) is -2.43. The summed E-state index contributed by atoms with van der Waals surface area (Å²) < 4.78 is 0. The van der Waals surface area contributed by atoms with Crippen LogP contribution in [-0.4, -0.2) is 50.5 Å². The molecule has 0 saturated heterocycles. The average Bonchev–Trinajstić information content (AvgIpc) is 3.29. The Labute approximate surface area is 392 Å². The number of carbonyl (C=O) groups is 3. The van der Waals surface area contributed by atoms with Crippen LogP contribution in [0.1, 0.15) is 329 Å². The van der Waals surface area contributed by atoms with Crippen molar-refractivity contribution in [1.82, 2.24) is 0 Å². The molecule has 0 aliphatic carbocycles. The normalized spacial score (nSPS) is 12.9. The molecule has 0 aromatic rings. The third-order valence-electron chi connectivity index (χ3n) is 14.1. The van der Waals surface area contributed by atoms with E-state index in [1.807, 2.05) is 0 Å². The van der Waals surface area contributed by atoms with Gasteiger partial charge in [0.1, 0.15) is 0 Å². The number of unbranched alkanes of at least 4 members (excludes halogenated alkanes) is 42. The first kappa shape index (κ1) is 61.9. The third-order valence-corrected chi connectivity index (χ3v) is 14.1. The lowest BCUT2D eigenvalue weighted by atomic mass is 9.71. The first-order valence-corrected chi connectivity index (χ1v) is 28.4. The summed E-state index contributed by atoms with van der Waals surface area (Å²) >= 11 is 0. The second-order valence-corrected chi connectivity index (χ2v) is 20.1. The molecule has 0 amide bonds. The van der Waals surface area contributed by atoms with Crippen LogP contribution in [0, 0.1) is 0 Å². The predicted molar refractivity (Wildman–Crippen MR) is 271 cm³/mol. The Morgan fingerprint density at radius 3 is 0.603 bits per heavy atom. The zero-order valence-corrected chi connectivity index (χ0v) is 42.7. The van der Waals surface area contributed by atoms with Crippen LogP contribution in [0.3, 0.4) is 0 Å². The Balaban J connectivity index is 4.86. The minimum atomic E-state index is -2.92. The molecule has 0 aliphatic heterocycles. The minimum Gasteiger partial charge on any atom is -0.393 e. The second kappa shape index (κ2) is 46.0. The molecule has 374 valence electrons. The van der Waals surface area contributed by atoms with Crippen LogP contribution in [0.15, 0.2) is 0 Å². The summed E-state index contributed by atoms with van der Waals surface area (Å²) in [5, 5.41) is 34.2. The van der Waals surface area contributed by atoms with E-state index in [2.05, 4.69) is 20.8 Å². The van der Waals surface area contributed by atoms with E-state index in [4.69, 9.17) is 0 Å². The first-order chi connectivity index (χ1) is 30.8. The highest BCUT2D eigenvalue weighted by atomic mass is 16.4. The van der Waals surface area contributed by atoms with E-state index >= 15 is 0 Å². The lowest BCUT2D eigenvalue weighted by Gasteiger charge is -2.39. The van der Waals surface area contributed by atoms with E-state index in [0.29, 0.717) is 19.3 Å². The molecule has 0 heterocycles. The van der Waals surface area contributed by atoms with Gasteiger partial charge in [-0.15, -0.1) is 0 Å². The number of Topliss-reactive ketones (excluding diaryl/α,β-unsaturated/α-hetero) is 3. The molecular formula is C57H110O6. The Kier molecular flexibility index (Phi) is 45.2. The summed E-state index contributed by atoms with van der Waals surface area (Å²) in [5.41, 5.74) is -5.73. The van der Waals surface area contributed by atoms with Gasteiger partial charge >= 0.3 is 0 Å². The molecule has 1 unspecified atom stereocenters. The average molecular weight is 892 g/mol. The number of aliphatic hydroxyl groups is 3. The summed E-state index contributed by atoms with van der Waals surface area (Å²) in [6.45, 7) is 5.63. The van der Waals surface area contributed by atoms with Crippen LogP contribution in [0.4, 0.5) is 0 Å². The van der Waals surface area contributed by atoms with Gasteiger partial charge in [-0.25, -0.2) is 0 Å². The van der Waals surface area contributed by atoms with Crippen LogP contribution < -0.4 is 0 Å². The topological polar surface area (TPSA) is 112 Å². The summed E-state index contributed by atoms with van der Waals surface area (Å²) in [4.78, 5) is 41.3. The maximum Gasteiger partial charge on any atom is 0.219 e. The van der Waals surface area contributed by atoms with Crippen molar-refractivity contribution in [2.24, 2.45) is 0 Å².